The number of pyridine rings is 1. The number of ketones is 1. The molecular formula is C14H21N3O. The normalized spacial score (nSPS) is 18.5. The van der Waals surface area contributed by atoms with Crippen molar-refractivity contribution in [2.45, 2.75) is 32.6 Å². The molecule has 1 aromatic rings. The molecule has 4 nitrogen and oxygen atoms in total. The minimum atomic E-state index is -0.159. The molecule has 2 rings (SSSR count). The second kappa shape index (κ2) is 5.48. The maximum absolute atomic E-state index is 12.6. The van der Waals surface area contributed by atoms with Gasteiger partial charge in [-0.25, -0.2) is 0 Å². The van der Waals surface area contributed by atoms with Crippen LogP contribution in [0.3, 0.4) is 0 Å². The molecular weight excluding hydrogens is 226 g/mol. The van der Waals surface area contributed by atoms with Gasteiger partial charge < -0.3 is 11.1 Å². The van der Waals surface area contributed by atoms with Gasteiger partial charge in [-0.1, -0.05) is 6.92 Å². The number of Topliss-reactive ketones (excluding diaryl/α,β-unsaturated/α-hetero) is 1. The lowest BCUT2D eigenvalue weighted by Crippen LogP contribution is -2.42. The third kappa shape index (κ3) is 2.53. The number of nitrogen functional groups attached to an aromatic ring is 1. The van der Waals surface area contributed by atoms with Gasteiger partial charge in [-0.3, -0.25) is 9.78 Å². The van der Waals surface area contributed by atoms with Crippen LogP contribution in [0.15, 0.2) is 18.5 Å². The van der Waals surface area contributed by atoms with Crippen molar-refractivity contribution in [3.05, 3.63) is 24.0 Å². The lowest BCUT2D eigenvalue weighted by molar-refractivity contribution is -0.129. The summed E-state index contributed by atoms with van der Waals surface area (Å²) < 4.78 is 0. The molecule has 0 saturated carbocycles. The van der Waals surface area contributed by atoms with E-state index in [9.17, 15) is 4.79 Å². The maximum Gasteiger partial charge on any atom is 0.143 e. The zero-order valence-corrected chi connectivity index (χ0v) is 10.9. The van der Waals surface area contributed by atoms with Gasteiger partial charge in [-0.15, -0.1) is 0 Å². The third-order valence-corrected chi connectivity index (χ3v) is 4.12. The van der Waals surface area contributed by atoms with Gasteiger partial charge in [-0.05, 0) is 38.4 Å². The Bertz CT molecular complexity index is 425. The van der Waals surface area contributed by atoms with E-state index in [-0.39, 0.29) is 5.41 Å². The Labute approximate surface area is 108 Å². The Morgan fingerprint density at radius 2 is 2.22 bits per heavy atom. The van der Waals surface area contributed by atoms with Gasteiger partial charge in [0.2, 0.25) is 0 Å². The largest absolute Gasteiger partial charge is 0.398 e. The number of carbonyl (C=O) groups excluding carboxylic acids is 1. The summed E-state index contributed by atoms with van der Waals surface area (Å²) in [5.74, 6) is 0.311. The predicted octanol–water partition coefficient (Wildman–Crippen LogP) is 1.56. The molecule has 1 fully saturated rings. The minimum absolute atomic E-state index is 0.159. The molecule has 0 bridgehead atoms. The number of rotatable bonds is 4. The topological polar surface area (TPSA) is 68.0 Å². The Kier molecular flexibility index (Phi) is 3.97. The number of nitrogens with one attached hydrogen (secondary N) is 1. The molecule has 4 heteroatoms. The van der Waals surface area contributed by atoms with E-state index in [2.05, 4.69) is 17.2 Å². The van der Waals surface area contributed by atoms with E-state index in [1.807, 2.05) is 0 Å². The zero-order chi connectivity index (χ0) is 13.0. The zero-order valence-electron chi connectivity index (χ0n) is 10.9. The average Bonchev–Trinajstić information content (AvgIpc) is 2.42. The van der Waals surface area contributed by atoms with Crippen LogP contribution in [-0.2, 0) is 11.2 Å². The Hall–Kier alpha value is -1.42. The fourth-order valence-electron chi connectivity index (χ4n) is 2.68. The molecule has 0 spiro atoms. The van der Waals surface area contributed by atoms with Crippen LogP contribution in [0.5, 0.6) is 0 Å². The van der Waals surface area contributed by atoms with Crippen LogP contribution in [0, 0.1) is 5.41 Å². The number of piperidine rings is 1. The van der Waals surface area contributed by atoms with Crippen molar-refractivity contribution in [3.8, 4) is 0 Å². The van der Waals surface area contributed by atoms with Gasteiger partial charge in [0.15, 0.2) is 0 Å². The smallest absolute Gasteiger partial charge is 0.143 e. The average molecular weight is 247 g/mol. The van der Waals surface area contributed by atoms with Crippen LogP contribution in [-0.4, -0.2) is 23.9 Å². The fourth-order valence-corrected chi connectivity index (χ4v) is 2.68. The predicted molar refractivity (Wildman–Crippen MR) is 72.2 cm³/mol. The molecule has 0 amide bonds. The quantitative estimate of drug-likeness (QED) is 0.847. The summed E-state index contributed by atoms with van der Waals surface area (Å²) in [6.07, 6.45) is 6.55. The van der Waals surface area contributed by atoms with Gasteiger partial charge >= 0.3 is 0 Å². The number of aromatic nitrogens is 1. The van der Waals surface area contributed by atoms with E-state index < -0.39 is 0 Å². The van der Waals surface area contributed by atoms with Crippen molar-refractivity contribution >= 4 is 11.5 Å². The van der Waals surface area contributed by atoms with Crippen molar-refractivity contribution in [2.75, 3.05) is 18.8 Å². The summed E-state index contributed by atoms with van der Waals surface area (Å²) in [4.78, 5) is 16.6. The SMILES string of the molecule is CCC1(C(=O)Cc2cnccc2N)CCNCC1. The van der Waals surface area contributed by atoms with Gasteiger partial charge in [0.1, 0.15) is 5.78 Å². The number of hydrogen-bond donors (Lipinski definition) is 2. The van der Waals surface area contributed by atoms with Crippen LogP contribution in [0.1, 0.15) is 31.7 Å². The third-order valence-electron chi connectivity index (χ3n) is 4.12. The molecule has 3 N–H and O–H groups in total. The van der Waals surface area contributed by atoms with Crippen molar-refractivity contribution in [2.24, 2.45) is 5.41 Å². The number of nitrogens with two attached hydrogens (primary N) is 1. The van der Waals surface area contributed by atoms with Crippen LogP contribution in [0.4, 0.5) is 5.69 Å². The first-order chi connectivity index (χ1) is 8.68. The minimum Gasteiger partial charge on any atom is -0.398 e. The molecule has 0 aromatic carbocycles. The van der Waals surface area contributed by atoms with E-state index in [1.165, 1.54) is 0 Å². The van der Waals surface area contributed by atoms with Crippen LogP contribution >= 0.6 is 0 Å². The maximum atomic E-state index is 12.6. The van der Waals surface area contributed by atoms with E-state index >= 15 is 0 Å². The van der Waals surface area contributed by atoms with Crippen molar-refractivity contribution in [1.82, 2.24) is 10.3 Å². The summed E-state index contributed by atoms with van der Waals surface area (Å²) >= 11 is 0. The molecule has 1 aliphatic rings. The number of hydrogen-bond acceptors (Lipinski definition) is 4. The lowest BCUT2D eigenvalue weighted by Gasteiger charge is -2.35. The summed E-state index contributed by atoms with van der Waals surface area (Å²) in [6.45, 7) is 3.97. The molecule has 0 radical (unpaired) electrons. The van der Waals surface area contributed by atoms with E-state index in [1.54, 1.807) is 18.5 Å². The van der Waals surface area contributed by atoms with Crippen molar-refractivity contribution < 1.29 is 4.79 Å². The monoisotopic (exact) mass is 247 g/mol. The number of carbonyl (C=O) groups is 1. The molecule has 0 aliphatic carbocycles. The first-order valence-electron chi connectivity index (χ1n) is 6.60. The summed E-state index contributed by atoms with van der Waals surface area (Å²) in [6, 6.07) is 1.75. The highest BCUT2D eigenvalue weighted by atomic mass is 16.1. The standard InChI is InChI=1S/C14H21N3O/c1-2-14(4-7-16-8-5-14)13(18)9-11-10-17-6-3-12(11)15/h3,6,10,16H,2,4-5,7-9H2,1H3,(H2,15,17). The molecule has 18 heavy (non-hydrogen) atoms. The summed E-state index contributed by atoms with van der Waals surface area (Å²) in [5, 5.41) is 3.31. The Morgan fingerprint density at radius 1 is 1.50 bits per heavy atom. The molecule has 1 aliphatic heterocycles. The summed E-state index contributed by atoms with van der Waals surface area (Å²) in [7, 11) is 0. The highest BCUT2D eigenvalue weighted by Gasteiger charge is 2.37. The number of nitrogens with zero attached hydrogens (tertiary/aromatic N) is 1. The number of anilines is 1. The van der Waals surface area contributed by atoms with Crippen LogP contribution in [0.2, 0.25) is 0 Å². The van der Waals surface area contributed by atoms with Crippen molar-refractivity contribution in [3.63, 3.8) is 0 Å². The van der Waals surface area contributed by atoms with Gasteiger partial charge in [0.25, 0.3) is 0 Å². The fraction of sp³-hybridized carbons (Fsp3) is 0.571. The second-order valence-electron chi connectivity index (χ2n) is 5.06. The van der Waals surface area contributed by atoms with Crippen LogP contribution < -0.4 is 11.1 Å². The highest BCUT2D eigenvalue weighted by molar-refractivity contribution is 5.87. The molecule has 0 unspecified atom stereocenters. The Balaban J connectivity index is 2.13. The lowest BCUT2D eigenvalue weighted by atomic mass is 9.72. The highest BCUT2D eigenvalue weighted by Crippen LogP contribution is 2.35. The molecule has 98 valence electrons. The first-order valence-corrected chi connectivity index (χ1v) is 6.60. The Morgan fingerprint density at radius 3 is 2.83 bits per heavy atom. The molecule has 0 atom stereocenters. The van der Waals surface area contributed by atoms with Crippen molar-refractivity contribution in [1.29, 1.82) is 0 Å². The van der Waals surface area contributed by atoms with Gasteiger partial charge in [0.05, 0.1) is 0 Å². The van der Waals surface area contributed by atoms with Gasteiger partial charge in [0, 0.05) is 35.5 Å². The molecule has 2 heterocycles. The van der Waals surface area contributed by atoms with E-state index in [0.717, 1.165) is 37.9 Å². The van der Waals surface area contributed by atoms with Crippen LogP contribution in [0.25, 0.3) is 0 Å². The molecule has 1 saturated heterocycles. The molecule has 1 aromatic heterocycles. The van der Waals surface area contributed by atoms with E-state index in [4.69, 9.17) is 5.73 Å². The van der Waals surface area contributed by atoms with E-state index in [0.29, 0.717) is 17.9 Å². The van der Waals surface area contributed by atoms with Gasteiger partial charge in [-0.2, -0.15) is 0 Å². The first kappa shape index (κ1) is 13.0. The second-order valence-corrected chi connectivity index (χ2v) is 5.06. The summed E-state index contributed by atoms with van der Waals surface area (Å²) in [5.41, 5.74) is 7.24.